The van der Waals surface area contributed by atoms with Crippen LogP contribution in [0.3, 0.4) is 0 Å². The van der Waals surface area contributed by atoms with E-state index >= 15 is 0 Å². The summed E-state index contributed by atoms with van der Waals surface area (Å²) in [5.74, 6) is 1.60. The van der Waals surface area contributed by atoms with Gasteiger partial charge in [0.1, 0.15) is 12.3 Å². The number of aromatic nitrogens is 2. The zero-order chi connectivity index (χ0) is 19.4. The van der Waals surface area contributed by atoms with Crippen LogP contribution in [-0.4, -0.2) is 34.1 Å². The lowest BCUT2D eigenvalue weighted by Crippen LogP contribution is -2.36. The molecule has 140 valence electrons. The molecule has 0 fully saturated rings. The second-order valence-corrected chi connectivity index (χ2v) is 6.58. The van der Waals surface area contributed by atoms with Gasteiger partial charge in [0.2, 0.25) is 11.7 Å². The van der Waals surface area contributed by atoms with Gasteiger partial charge >= 0.3 is 0 Å². The van der Waals surface area contributed by atoms with E-state index in [1.165, 1.54) is 0 Å². The first-order valence-corrected chi connectivity index (χ1v) is 8.83. The van der Waals surface area contributed by atoms with Crippen molar-refractivity contribution in [3.63, 3.8) is 0 Å². The number of hydrogen-bond acceptors (Lipinski definition) is 5. The fourth-order valence-electron chi connectivity index (χ4n) is 2.78. The van der Waals surface area contributed by atoms with Crippen molar-refractivity contribution in [3.05, 3.63) is 65.5 Å². The third kappa shape index (κ3) is 4.16. The summed E-state index contributed by atoms with van der Waals surface area (Å²) < 4.78 is 10.5. The highest BCUT2D eigenvalue weighted by atomic mass is 16.5. The van der Waals surface area contributed by atoms with E-state index in [-0.39, 0.29) is 18.5 Å². The Balaban J connectivity index is 1.80. The second kappa shape index (κ2) is 8.03. The normalized spacial score (nSPS) is 10.9. The molecule has 0 saturated heterocycles. The lowest BCUT2D eigenvalue weighted by molar-refractivity contribution is 0.0666. The Bertz CT molecular complexity index is 916. The maximum atomic E-state index is 13.0. The molecule has 1 amide bonds. The van der Waals surface area contributed by atoms with Crippen molar-refractivity contribution in [2.75, 3.05) is 7.11 Å². The largest absolute Gasteiger partial charge is 0.497 e. The summed E-state index contributed by atoms with van der Waals surface area (Å²) in [7, 11) is 1.62. The third-order valence-electron chi connectivity index (χ3n) is 4.38. The Kier molecular flexibility index (Phi) is 5.54. The summed E-state index contributed by atoms with van der Waals surface area (Å²) in [5.41, 5.74) is 2.45. The number of aryl methyl sites for hydroxylation is 1. The molecule has 0 N–H and O–H groups in total. The number of methoxy groups -OCH3 is 1. The average Bonchev–Trinajstić information content (AvgIpc) is 3.14. The second-order valence-electron chi connectivity index (χ2n) is 6.58. The van der Waals surface area contributed by atoms with E-state index in [1.54, 1.807) is 12.0 Å². The highest BCUT2D eigenvalue weighted by Gasteiger charge is 2.23. The number of amides is 1. The van der Waals surface area contributed by atoms with Crippen LogP contribution in [0.15, 0.2) is 53.1 Å². The Morgan fingerprint density at radius 2 is 1.85 bits per heavy atom. The number of rotatable bonds is 6. The van der Waals surface area contributed by atoms with Gasteiger partial charge in [-0.2, -0.15) is 4.98 Å². The molecule has 27 heavy (non-hydrogen) atoms. The Morgan fingerprint density at radius 1 is 1.15 bits per heavy atom. The minimum absolute atomic E-state index is 0.00607. The Morgan fingerprint density at radius 3 is 2.48 bits per heavy atom. The SMILES string of the molecule is COc1ccc(-c2noc(CN(C(=O)c3ccccc3C)C(C)C)n2)cc1. The van der Waals surface area contributed by atoms with Gasteiger partial charge in [0.05, 0.1) is 7.11 Å². The molecule has 1 heterocycles. The summed E-state index contributed by atoms with van der Waals surface area (Å²) in [6.07, 6.45) is 0. The van der Waals surface area contributed by atoms with Crippen molar-refractivity contribution in [2.45, 2.75) is 33.4 Å². The molecule has 0 aliphatic heterocycles. The predicted octanol–water partition coefficient (Wildman–Crippen LogP) is 4.10. The zero-order valence-corrected chi connectivity index (χ0v) is 16.0. The fourth-order valence-corrected chi connectivity index (χ4v) is 2.78. The van der Waals surface area contributed by atoms with Gasteiger partial charge in [-0.3, -0.25) is 4.79 Å². The van der Waals surface area contributed by atoms with E-state index in [2.05, 4.69) is 10.1 Å². The van der Waals surface area contributed by atoms with Gasteiger partial charge in [-0.25, -0.2) is 0 Å². The summed E-state index contributed by atoms with van der Waals surface area (Å²) in [5, 5.41) is 4.04. The molecule has 0 aliphatic rings. The molecule has 0 saturated carbocycles. The van der Waals surface area contributed by atoms with E-state index < -0.39 is 0 Å². The molecule has 6 heteroatoms. The fraction of sp³-hybridized carbons (Fsp3) is 0.286. The number of carbonyl (C=O) groups excluding carboxylic acids is 1. The van der Waals surface area contributed by atoms with Gasteiger partial charge in [0.15, 0.2) is 0 Å². The van der Waals surface area contributed by atoms with Crippen LogP contribution in [0.2, 0.25) is 0 Å². The number of ether oxygens (including phenoxy) is 1. The molecule has 0 atom stereocenters. The number of benzene rings is 2. The van der Waals surface area contributed by atoms with Crippen LogP contribution in [0.25, 0.3) is 11.4 Å². The number of carbonyl (C=O) groups is 1. The molecular formula is C21H23N3O3. The lowest BCUT2D eigenvalue weighted by Gasteiger charge is -2.25. The quantitative estimate of drug-likeness (QED) is 0.658. The zero-order valence-electron chi connectivity index (χ0n) is 16.0. The van der Waals surface area contributed by atoms with Crippen LogP contribution in [0, 0.1) is 6.92 Å². The smallest absolute Gasteiger partial charge is 0.254 e. The van der Waals surface area contributed by atoms with Gasteiger partial charge in [0.25, 0.3) is 5.91 Å². The van der Waals surface area contributed by atoms with Gasteiger partial charge in [-0.1, -0.05) is 23.4 Å². The number of hydrogen-bond donors (Lipinski definition) is 0. The first-order chi connectivity index (χ1) is 13.0. The third-order valence-corrected chi connectivity index (χ3v) is 4.38. The van der Waals surface area contributed by atoms with E-state index in [9.17, 15) is 4.79 Å². The minimum atomic E-state index is -0.0488. The van der Waals surface area contributed by atoms with Crippen molar-refractivity contribution >= 4 is 5.91 Å². The number of nitrogens with zero attached hydrogens (tertiary/aromatic N) is 3. The topological polar surface area (TPSA) is 68.5 Å². The molecule has 1 aromatic heterocycles. The monoisotopic (exact) mass is 365 g/mol. The summed E-state index contributed by atoms with van der Waals surface area (Å²) >= 11 is 0. The predicted molar refractivity (Wildman–Crippen MR) is 102 cm³/mol. The highest BCUT2D eigenvalue weighted by molar-refractivity contribution is 5.95. The van der Waals surface area contributed by atoms with E-state index in [4.69, 9.17) is 9.26 Å². The molecule has 2 aromatic carbocycles. The van der Waals surface area contributed by atoms with Crippen LogP contribution in [0.4, 0.5) is 0 Å². The van der Waals surface area contributed by atoms with Crippen LogP contribution in [-0.2, 0) is 6.54 Å². The standard InChI is InChI=1S/C21H23N3O3/c1-14(2)24(21(25)18-8-6-5-7-15(18)3)13-19-22-20(23-27-19)16-9-11-17(26-4)12-10-16/h5-12,14H,13H2,1-4H3. The van der Waals surface area contributed by atoms with Gasteiger partial charge in [-0.15, -0.1) is 0 Å². The van der Waals surface area contributed by atoms with Crippen molar-refractivity contribution in [3.8, 4) is 17.1 Å². The van der Waals surface area contributed by atoms with Crippen molar-refractivity contribution in [2.24, 2.45) is 0 Å². The Labute approximate surface area is 158 Å². The summed E-state index contributed by atoms with van der Waals surface area (Å²) in [4.78, 5) is 19.2. The molecule has 0 bridgehead atoms. The van der Waals surface area contributed by atoms with Gasteiger partial charge < -0.3 is 14.2 Å². The van der Waals surface area contributed by atoms with Crippen molar-refractivity contribution in [1.82, 2.24) is 15.0 Å². The first-order valence-electron chi connectivity index (χ1n) is 8.83. The van der Waals surface area contributed by atoms with Crippen molar-refractivity contribution in [1.29, 1.82) is 0 Å². The van der Waals surface area contributed by atoms with Crippen LogP contribution in [0.1, 0.15) is 35.7 Å². The molecule has 3 rings (SSSR count). The maximum Gasteiger partial charge on any atom is 0.254 e. The molecule has 0 spiro atoms. The summed E-state index contributed by atoms with van der Waals surface area (Å²) in [6.45, 7) is 6.13. The minimum Gasteiger partial charge on any atom is -0.497 e. The molecule has 0 aliphatic carbocycles. The molecule has 0 unspecified atom stereocenters. The van der Waals surface area contributed by atoms with Gasteiger partial charge in [-0.05, 0) is 56.7 Å². The molecule has 0 radical (unpaired) electrons. The van der Waals surface area contributed by atoms with Crippen LogP contribution in [0.5, 0.6) is 5.75 Å². The van der Waals surface area contributed by atoms with Gasteiger partial charge in [0, 0.05) is 17.2 Å². The van der Waals surface area contributed by atoms with Crippen LogP contribution >= 0.6 is 0 Å². The maximum absolute atomic E-state index is 13.0. The lowest BCUT2D eigenvalue weighted by atomic mass is 10.1. The average molecular weight is 365 g/mol. The Hall–Kier alpha value is -3.15. The molecular weight excluding hydrogens is 342 g/mol. The molecule has 3 aromatic rings. The van der Waals surface area contributed by atoms with E-state index in [0.29, 0.717) is 17.3 Å². The molecule has 6 nitrogen and oxygen atoms in total. The van der Waals surface area contributed by atoms with E-state index in [1.807, 2.05) is 69.3 Å². The van der Waals surface area contributed by atoms with E-state index in [0.717, 1.165) is 16.9 Å². The van der Waals surface area contributed by atoms with Crippen LogP contribution < -0.4 is 4.74 Å². The highest BCUT2D eigenvalue weighted by Crippen LogP contribution is 2.21. The first kappa shape index (κ1) is 18.6. The van der Waals surface area contributed by atoms with Crippen molar-refractivity contribution < 1.29 is 14.1 Å². The summed E-state index contributed by atoms with van der Waals surface area (Å²) in [6, 6.07) is 15.0.